The van der Waals surface area contributed by atoms with E-state index in [9.17, 15) is 4.79 Å². The van der Waals surface area contributed by atoms with Crippen LogP contribution in [0.3, 0.4) is 0 Å². The number of rotatable bonds is 6. The van der Waals surface area contributed by atoms with Gasteiger partial charge in [-0.1, -0.05) is 6.07 Å². The summed E-state index contributed by atoms with van der Waals surface area (Å²) < 4.78 is 0. The summed E-state index contributed by atoms with van der Waals surface area (Å²) in [5.41, 5.74) is 6.60. The van der Waals surface area contributed by atoms with Crippen molar-refractivity contribution in [1.29, 1.82) is 0 Å². The molecule has 174 valence electrons. The van der Waals surface area contributed by atoms with Crippen LogP contribution < -0.4 is 21.3 Å². The van der Waals surface area contributed by atoms with Crippen molar-refractivity contribution in [3.63, 3.8) is 0 Å². The number of anilines is 1. The fourth-order valence-electron chi connectivity index (χ4n) is 4.36. The van der Waals surface area contributed by atoms with Gasteiger partial charge < -0.3 is 26.2 Å². The smallest absolute Gasteiger partial charge is 0.220 e. The Morgan fingerprint density at radius 2 is 1.90 bits per heavy atom. The monoisotopic (exact) mass is 543 g/mol. The van der Waals surface area contributed by atoms with Crippen LogP contribution in [0.15, 0.2) is 23.3 Å². The highest BCUT2D eigenvalue weighted by molar-refractivity contribution is 14.0. The highest BCUT2D eigenvalue weighted by Gasteiger charge is 2.25. The Morgan fingerprint density at radius 1 is 1.23 bits per heavy atom. The molecule has 0 saturated carbocycles. The first-order valence-electron chi connectivity index (χ1n) is 11.2. The SMILES string of the molecule is CN=C(NCc1cccnc1N1CCC(C(N)=O)CC1)NC1CCN(C(C)C)CC1.I. The van der Waals surface area contributed by atoms with Gasteiger partial charge in [-0.3, -0.25) is 9.79 Å². The number of nitrogens with one attached hydrogen (secondary N) is 2. The van der Waals surface area contributed by atoms with Gasteiger partial charge in [0, 0.05) is 69.5 Å². The number of halogens is 1. The van der Waals surface area contributed by atoms with Gasteiger partial charge in [0.1, 0.15) is 5.82 Å². The molecule has 0 unspecified atom stereocenters. The number of pyridine rings is 1. The molecule has 4 N–H and O–H groups in total. The van der Waals surface area contributed by atoms with Gasteiger partial charge in [0.15, 0.2) is 5.96 Å². The third-order valence-electron chi connectivity index (χ3n) is 6.33. The highest BCUT2D eigenvalue weighted by Crippen LogP contribution is 2.24. The number of guanidine groups is 1. The van der Waals surface area contributed by atoms with Gasteiger partial charge in [0.2, 0.25) is 5.91 Å². The van der Waals surface area contributed by atoms with Gasteiger partial charge >= 0.3 is 0 Å². The molecule has 1 aromatic rings. The number of likely N-dealkylation sites (tertiary alicyclic amines) is 1. The zero-order valence-electron chi connectivity index (χ0n) is 19.0. The predicted molar refractivity (Wildman–Crippen MR) is 137 cm³/mol. The van der Waals surface area contributed by atoms with Gasteiger partial charge in [0.05, 0.1) is 0 Å². The van der Waals surface area contributed by atoms with Crippen LogP contribution in [-0.2, 0) is 11.3 Å². The van der Waals surface area contributed by atoms with E-state index in [1.54, 1.807) is 0 Å². The molecule has 0 aromatic carbocycles. The zero-order chi connectivity index (χ0) is 21.5. The molecule has 2 aliphatic heterocycles. The number of hydrogen-bond donors (Lipinski definition) is 3. The van der Waals surface area contributed by atoms with Crippen molar-refractivity contribution >= 4 is 41.7 Å². The average Bonchev–Trinajstić information content (AvgIpc) is 2.77. The Labute approximate surface area is 203 Å². The second-order valence-corrected chi connectivity index (χ2v) is 8.62. The first kappa shape index (κ1) is 25.6. The van der Waals surface area contributed by atoms with Crippen molar-refractivity contribution in [2.75, 3.05) is 38.1 Å². The van der Waals surface area contributed by atoms with E-state index in [1.165, 1.54) is 0 Å². The summed E-state index contributed by atoms with van der Waals surface area (Å²) in [6.45, 7) is 9.04. The van der Waals surface area contributed by atoms with Crippen LogP contribution >= 0.6 is 24.0 Å². The minimum Gasteiger partial charge on any atom is -0.369 e. The molecule has 0 bridgehead atoms. The number of amides is 1. The van der Waals surface area contributed by atoms with Crippen LogP contribution in [0.1, 0.15) is 45.1 Å². The Kier molecular flexibility index (Phi) is 10.3. The van der Waals surface area contributed by atoms with E-state index in [2.05, 4.69) is 50.3 Å². The third kappa shape index (κ3) is 7.20. The molecule has 0 radical (unpaired) electrons. The lowest BCUT2D eigenvalue weighted by Crippen LogP contribution is -2.49. The predicted octanol–water partition coefficient (Wildman–Crippen LogP) is 1.94. The van der Waals surface area contributed by atoms with E-state index < -0.39 is 0 Å². The van der Waals surface area contributed by atoms with Crippen LogP contribution in [0.5, 0.6) is 0 Å². The number of carbonyl (C=O) groups is 1. The Morgan fingerprint density at radius 3 is 2.48 bits per heavy atom. The van der Waals surface area contributed by atoms with Gasteiger partial charge in [0.25, 0.3) is 0 Å². The summed E-state index contributed by atoms with van der Waals surface area (Å²) in [4.78, 5) is 25.3. The molecule has 31 heavy (non-hydrogen) atoms. The lowest BCUT2D eigenvalue weighted by molar-refractivity contribution is -0.122. The van der Waals surface area contributed by atoms with E-state index in [0.717, 1.165) is 69.2 Å². The van der Waals surface area contributed by atoms with Crippen molar-refractivity contribution in [2.45, 2.75) is 58.2 Å². The molecule has 0 aliphatic carbocycles. The Bertz CT molecular complexity index is 726. The molecule has 2 aliphatic rings. The first-order chi connectivity index (χ1) is 14.5. The third-order valence-corrected chi connectivity index (χ3v) is 6.33. The summed E-state index contributed by atoms with van der Waals surface area (Å²) in [5.74, 6) is 1.61. The number of nitrogens with two attached hydrogens (primary N) is 1. The van der Waals surface area contributed by atoms with E-state index in [-0.39, 0.29) is 35.8 Å². The minimum atomic E-state index is -0.188. The van der Waals surface area contributed by atoms with E-state index >= 15 is 0 Å². The van der Waals surface area contributed by atoms with Crippen molar-refractivity contribution in [3.05, 3.63) is 23.9 Å². The highest BCUT2D eigenvalue weighted by atomic mass is 127. The molecule has 0 spiro atoms. The van der Waals surface area contributed by atoms with Crippen molar-refractivity contribution in [1.82, 2.24) is 20.5 Å². The maximum atomic E-state index is 11.4. The molecular formula is C22H38IN7O. The summed E-state index contributed by atoms with van der Waals surface area (Å²) in [6, 6.07) is 5.13. The molecule has 3 rings (SSSR count). The average molecular weight is 543 g/mol. The molecule has 1 aromatic heterocycles. The first-order valence-corrected chi connectivity index (χ1v) is 11.2. The van der Waals surface area contributed by atoms with Gasteiger partial charge in [-0.15, -0.1) is 24.0 Å². The minimum absolute atomic E-state index is 0. The molecule has 1 amide bonds. The quantitative estimate of drug-likeness (QED) is 0.288. The maximum absolute atomic E-state index is 11.4. The normalized spacial score (nSPS) is 19.2. The Hall–Kier alpha value is -1.62. The zero-order valence-corrected chi connectivity index (χ0v) is 21.3. The summed E-state index contributed by atoms with van der Waals surface area (Å²) in [6.07, 6.45) is 5.67. The van der Waals surface area contributed by atoms with Crippen molar-refractivity contribution in [2.24, 2.45) is 16.6 Å². The topological polar surface area (TPSA) is 98.9 Å². The number of carbonyl (C=O) groups excluding carboxylic acids is 1. The van der Waals surface area contributed by atoms with Crippen LogP contribution in [0.2, 0.25) is 0 Å². The number of piperidine rings is 2. The largest absolute Gasteiger partial charge is 0.369 e. The molecule has 2 saturated heterocycles. The van der Waals surface area contributed by atoms with Crippen LogP contribution in [0.4, 0.5) is 5.82 Å². The van der Waals surface area contributed by atoms with Gasteiger partial charge in [-0.05, 0) is 45.6 Å². The lowest BCUT2D eigenvalue weighted by Gasteiger charge is -2.35. The summed E-state index contributed by atoms with van der Waals surface area (Å²) in [7, 11) is 1.82. The van der Waals surface area contributed by atoms with E-state index in [1.807, 2.05) is 19.3 Å². The number of nitrogens with zero attached hydrogens (tertiary/aromatic N) is 4. The van der Waals surface area contributed by atoms with Gasteiger partial charge in [-0.2, -0.15) is 0 Å². The summed E-state index contributed by atoms with van der Waals surface area (Å²) in [5, 5.41) is 7.04. The van der Waals surface area contributed by atoms with Gasteiger partial charge in [-0.25, -0.2) is 4.98 Å². The lowest BCUT2D eigenvalue weighted by atomic mass is 9.96. The Balaban J connectivity index is 0.00000341. The van der Waals surface area contributed by atoms with E-state index in [4.69, 9.17) is 5.73 Å². The molecule has 3 heterocycles. The van der Waals surface area contributed by atoms with E-state index in [0.29, 0.717) is 18.6 Å². The molecule has 2 fully saturated rings. The summed E-state index contributed by atoms with van der Waals surface area (Å²) >= 11 is 0. The maximum Gasteiger partial charge on any atom is 0.220 e. The molecule has 0 atom stereocenters. The van der Waals surface area contributed by atoms with Crippen LogP contribution in [0.25, 0.3) is 0 Å². The number of aromatic nitrogens is 1. The molecular weight excluding hydrogens is 505 g/mol. The fourth-order valence-corrected chi connectivity index (χ4v) is 4.36. The molecule has 9 heteroatoms. The standard InChI is InChI=1S/C22H37N7O.HI/c1-16(2)28-13-8-19(9-14-28)27-22(24-3)26-15-18-5-4-10-25-21(18)29-11-6-17(7-12-29)20(23)30;/h4-5,10,16-17,19H,6-9,11-15H2,1-3H3,(H2,23,30)(H2,24,26,27);1H. The van der Waals surface area contributed by atoms with Crippen LogP contribution in [-0.4, -0.2) is 67.1 Å². The van der Waals surface area contributed by atoms with Crippen molar-refractivity contribution < 1.29 is 4.79 Å². The number of primary amides is 1. The second-order valence-electron chi connectivity index (χ2n) is 8.62. The number of hydrogen-bond acceptors (Lipinski definition) is 5. The van der Waals surface area contributed by atoms with Crippen molar-refractivity contribution in [3.8, 4) is 0 Å². The second kappa shape index (κ2) is 12.4. The number of aliphatic imine (C=N–C) groups is 1. The fraction of sp³-hybridized carbons (Fsp3) is 0.682. The van der Waals surface area contributed by atoms with Crippen LogP contribution in [0, 0.1) is 5.92 Å². The molecule has 8 nitrogen and oxygen atoms in total.